The molecule has 0 aromatic carbocycles. The van der Waals surface area contributed by atoms with Crippen molar-refractivity contribution in [3.63, 3.8) is 0 Å². The molecule has 4 aliphatic carbocycles. The normalized spacial score (nSPS) is 75.3. The van der Waals surface area contributed by atoms with Crippen LogP contribution in [-0.4, -0.2) is 17.4 Å². The highest BCUT2D eigenvalue weighted by atomic mass is 19.1. The van der Waals surface area contributed by atoms with Gasteiger partial charge < -0.3 is 5.11 Å². The molecule has 0 heterocycles. The third-order valence-electron chi connectivity index (χ3n) is 3.45. The fraction of sp³-hybridized carbons (Fsp3) is 1.00. The molecule has 0 radical (unpaired) electrons. The van der Waals surface area contributed by atoms with E-state index in [0.29, 0.717) is 11.8 Å². The number of halogens is 1. The van der Waals surface area contributed by atoms with Gasteiger partial charge in [-0.25, -0.2) is 4.39 Å². The summed E-state index contributed by atoms with van der Waals surface area (Å²) in [5, 5.41) is 9.28. The molecule has 0 amide bonds. The average molecular weight is 128 g/mol. The van der Waals surface area contributed by atoms with Gasteiger partial charge in [-0.15, -0.1) is 0 Å². The molecule has 0 spiro atoms. The summed E-state index contributed by atoms with van der Waals surface area (Å²) in [6, 6.07) is 0. The van der Waals surface area contributed by atoms with Crippen LogP contribution in [0.2, 0.25) is 0 Å². The van der Waals surface area contributed by atoms with Crippen LogP contribution in [0.25, 0.3) is 0 Å². The van der Waals surface area contributed by atoms with Gasteiger partial charge in [0.05, 0.1) is 6.10 Å². The number of hydrogen-bond acceptors (Lipinski definition) is 1. The Labute approximate surface area is 52.9 Å². The van der Waals surface area contributed by atoms with E-state index >= 15 is 0 Å². The van der Waals surface area contributed by atoms with Gasteiger partial charge in [0.15, 0.2) is 0 Å². The lowest BCUT2D eigenvalue weighted by atomic mass is 10.1. The summed E-state index contributed by atoms with van der Waals surface area (Å²) in [7, 11) is 0. The van der Waals surface area contributed by atoms with Gasteiger partial charge in [0, 0.05) is 5.92 Å². The van der Waals surface area contributed by atoms with E-state index in [1.807, 2.05) is 0 Å². The van der Waals surface area contributed by atoms with Crippen LogP contribution in [0.5, 0.6) is 0 Å². The van der Waals surface area contributed by atoms with Gasteiger partial charge in [0.1, 0.15) is 6.17 Å². The van der Waals surface area contributed by atoms with E-state index < -0.39 is 6.17 Å². The van der Waals surface area contributed by atoms with E-state index in [0.717, 1.165) is 6.42 Å². The molecule has 0 aromatic heterocycles. The number of alkyl halides is 1. The first-order valence-corrected chi connectivity index (χ1v) is 3.63. The number of aliphatic hydroxyl groups is 1. The molecule has 0 saturated heterocycles. The van der Waals surface area contributed by atoms with Crippen molar-refractivity contribution in [2.24, 2.45) is 23.7 Å². The summed E-state index contributed by atoms with van der Waals surface area (Å²) in [6.45, 7) is 0. The Bertz CT molecular complexity index is 150. The molecule has 1 nitrogen and oxygen atoms in total. The highest BCUT2D eigenvalue weighted by molar-refractivity contribution is 5.21. The molecule has 4 saturated carbocycles. The molecule has 4 fully saturated rings. The molecular weight excluding hydrogens is 119 g/mol. The molecule has 2 heteroatoms. The first-order valence-electron chi connectivity index (χ1n) is 3.63. The minimum absolute atomic E-state index is 0.0324. The largest absolute Gasteiger partial charge is 0.392 e. The van der Waals surface area contributed by atoms with Gasteiger partial charge in [-0.3, -0.25) is 0 Å². The monoisotopic (exact) mass is 128 g/mol. The fourth-order valence-corrected chi connectivity index (χ4v) is 3.01. The van der Waals surface area contributed by atoms with E-state index in [-0.39, 0.29) is 17.9 Å². The van der Waals surface area contributed by atoms with Crippen molar-refractivity contribution in [1.82, 2.24) is 0 Å². The molecule has 4 aliphatic rings. The molecule has 9 heavy (non-hydrogen) atoms. The minimum atomic E-state index is -0.644. The number of hydrogen-bond donors (Lipinski definition) is 1. The quantitative estimate of drug-likeness (QED) is 0.506. The van der Waals surface area contributed by atoms with Gasteiger partial charge in [-0.1, -0.05) is 0 Å². The van der Waals surface area contributed by atoms with Crippen molar-refractivity contribution in [2.45, 2.75) is 18.7 Å². The van der Waals surface area contributed by atoms with Crippen LogP contribution in [0.4, 0.5) is 4.39 Å². The topological polar surface area (TPSA) is 20.2 Å². The van der Waals surface area contributed by atoms with Crippen LogP contribution in [0, 0.1) is 23.7 Å². The maximum Gasteiger partial charge on any atom is 0.109 e. The van der Waals surface area contributed by atoms with Crippen LogP contribution in [0.1, 0.15) is 6.42 Å². The number of rotatable bonds is 0. The summed E-state index contributed by atoms with van der Waals surface area (Å²) in [6.07, 6.45) is 0.0579. The lowest BCUT2D eigenvalue weighted by molar-refractivity contribution is 0.110. The summed E-state index contributed by atoms with van der Waals surface area (Å²) >= 11 is 0. The molecule has 4 rings (SSSR count). The van der Waals surface area contributed by atoms with E-state index in [1.165, 1.54) is 0 Å². The summed E-state index contributed by atoms with van der Waals surface area (Å²) < 4.78 is 12.9. The molecular formula is C7H9FO. The van der Waals surface area contributed by atoms with Crippen molar-refractivity contribution in [2.75, 3.05) is 0 Å². The summed E-state index contributed by atoms with van der Waals surface area (Å²) in [5.41, 5.74) is 0. The molecule has 0 unspecified atom stereocenters. The lowest BCUT2D eigenvalue weighted by Gasteiger charge is -2.07. The predicted octanol–water partition coefficient (Wildman–Crippen LogP) is 0.581. The van der Waals surface area contributed by atoms with E-state index in [4.69, 9.17) is 0 Å². The highest BCUT2D eigenvalue weighted by Crippen LogP contribution is 2.71. The smallest absolute Gasteiger partial charge is 0.109 e. The van der Waals surface area contributed by atoms with Gasteiger partial charge in [-0.2, -0.15) is 0 Å². The number of aliphatic hydroxyl groups excluding tert-OH is 1. The lowest BCUT2D eigenvalue weighted by Crippen LogP contribution is -2.16. The SMILES string of the molecule is O[C@H]1[C@H]2C[C@@H]3[C@@H]([C@@H]2F)[C@@H]13. The predicted molar refractivity (Wildman–Crippen MR) is 29.5 cm³/mol. The molecule has 4 bridgehead atoms. The van der Waals surface area contributed by atoms with E-state index in [9.17, 15) is 9.50 Å². The second kappa shape index (κ2) is 1.05. The standard InChI is InChI=1S/C7H9FO/c8-6-3-1-2-4(6)5(2)7(3)9/h2-7,9H,1H2/t2-,3+,4-,5+,6-,7+/m1/s1. The Hall–Kier alpha value is -0.110. The van der Waals surface area contributed by atoms with Gasteiger partial charge in [-0.05, 0) is 24.2 Å². The van der Waals surface area contributed by atoms with Crippen molar-refractivity contribution in [1.29, 1.82) is 0 Å². The van der Waals surface area contributed by atoms with Crippen molar-refractivity contribution in [3.8, 4) is 0 Å². The Kier molecular flexibility index (Phi) is 0.544. The summed E-state index contributed by atoms with van der Waals surface area (Å²) in [5.74, 6) is 1.28. The van der Waals surface area contributed by atoms with Crippen molar-refractivity contribution >= 4 is 0 Å². The van der Waals surface area contributed by atoms with Crippen LogP contribution in [-0.2, 0) is 0 Å². The molecule has 6 atom stereocenters. The zero-order valence-corrected chi connectivity index (χ0v) is 5.00. The van der Waals surface area contributed by atoms with Crippen LogP contribution < -0.4 is 0 Å². The maximum absolute atomic E-state index is 12.9. The van der Waals surface area contributed by atoms with Crippen LogP contribution in [0.15, 0.2) is 0 Å². The molecule has 1 N–H and O–H groups in total. The Balaban J connectivity index is 2.07. The zero-order chi connectivity index (χ0) is 6.17. The zero-order valence-electron chi connectivity index (χ0n) is 5.00. The average Bonchev–Trinajstić information content (AvgIpc) is 2.18. The van der Waals surface area contributed by atoms with Crippen LogP contribution >= 0.6 is 0 Å². The first-order chi connectivity index (χ1) is 4.30. The van der Waals surface area contributed by atoms with Crippen molar-refractivity contribution in [3.05, 3.63) is 0 Å². The van der Waals surface area contributed by atoms with Crippen molar-refractivity contribution < 1.29 is 9.50 Å². The fourth-order valence-electron chi connectivity index (χ4n) is 3.01. The Morgan fingerprint density at radius 2 is 2.00 bits per heavy atom. The summed E-state index contributed by atoms with van der Waals surface area (Å²) in [4.78, 5) is 0. The molecule has 0 aliphatic heterocycles. The second-order valence-electron chi connectivity index (χ2n) is 3.65. The Morgan fingerprint density at radius 3 is 2.11 bits per heavy atom. The molecule has 50 valence electrons. The van der Waals surface area contributed by atoms with Gasteiger partial charge >= 0.3 is 0 Å². The van der Waals surface area contributed by atoms with E-state index in [2.05, 4.69) is 0 Å². The second-order valence-corrected chi connectivity index (χ2v) is 3.65. The van der Waals surface area contributed by atoms with Gasteiger partial charge in [0.25, 0.3) is 0 Å². The van der Waals surface area contributed by atoms with Crippen LogP contribution in [0.3, 0.4) is 0 Å². The Morgan fingerprint density at radius 1 is 1.22 bits per heavy atom. The van der Waals surface area contributed by atoms with Gasteiger partial charge in [0.2, 0.25) is 0 Å². The highest BCUT2D eigenvalue weighted by Gasteiger charge is 2.74. The third-order valence-corrected chi connectivity index (χ3v) is 3.45. The third kappa shape index (κ3) is 0.306. The molecule has 0 aromatic rings. The van der Waals surface area contributed by atoms with E-state index in [1.54, 1.807) is 0 Å². The first kappa shape index (κ1) is 4.67. The minimum Gasteiger partial charge on any atom is -0.392 e. The maximum atomic E-state index is 12.9.